The van der Waals surface area contributed by atoms with E-state index >= 15 is 0 Å². The molecule has 1 heterocycles. The lowest BCUT2D eigenvalue weighted by molar-refractivity contribution is 0.193. The monoisotopic (exact) mass is 268 g/mol. The van der Waals surface area contributed by atoms with Crippen molar-refractivity contribution in [2.45, 2.75) is 39.8 Å². The highest BCUT2D eigenvalue weighted by atomic mass is 16.3. The Morgan fingerprint density at radius 1 is 1.37 bits per heavy atom. The molecule has 1 aromatic heterocycles. The summed E-state index contributed by atoms with van der Waals surface area (Å²) < 4.78 is 1.93. The van der Waals surface area contributed by atoms with Gasteiger partial charge in [-0.15, -0.1) is 0 Å². The minimum Gasteiger partial charge on any atom is -0.503 e. The Morgan fingerprint density at radius 3 is 2.68 bits per heavy atom. The summed E-state index contributed by atoms with van der Waals surface area (Å²) in [7, 11) is 0. The van der Waals surface area contributed by atoms with E-state index in [2.05, 4.69) is 11.8 Å². The predicted octanol–water partition coefficient (Wildman–Crippen LogP) is 1.17. The van der Waals surface area contributed by atoms with Crippen LogP contribution in [-0.4, -0.2) is 39.4 Å². The van der Waals surface area contributed by atoms with Crippen LogP contribution in [0.2, 0.25) is 0 Å². The molecule has 0 aliphatic heterocycles. The average Bonchev–Trinajstić information content (AvgIpc) is 2.40. The van der Waals surface area contributed by atoms with Crippen LogP contribution in [0.15, 0.2) is 17.1 Å². The maximum Gasteiger partial charge on any atom is 0.223 e. The van der Waals surface area contributed by atoms with E-state index in [1.807, 2.05) is 11.5 Å². The fourth-order valence-corrected chi connectivity index (χ4v) is 1.99. The molecule has 1 rings (SSSR count). The van der Waals surface area contributed by atoms with Gasteiger partial charge in [0.2, 0.25) is 5.43 Å². The second kappa shape index (κ2) is 7.96. The van der Waals surface area contributed by atoms with Crippen molar-refractivity contribution >= 4 is 0 Å². The van der Waals surface area contributed by atoms with Crippen LogP contribution in [0, 0.1) is 0 Å². The van der Waals surface area contributed by atoms with Crippen molar-refractivity contribution in [3.05, 3.63) is 28.2 Å². The van der Waals surface area contributed by atoms with Crippen LogP contribution in [0.3, 0.4) is 0 Å². The van der Waals surface area contributed by atoms with Crippen LogP contribution in [0.5, 0.6) is 5.75 Å². The molecular weight excluding hydrogens is 244 g/mol. The van der Waals surface area contributed by atoms with E-state index in [4.69, 9.17) is 5.11 Å². The van der Waals surface area contributed by atoms with Gasteiger partial charge in [-0.1, -0.05) is 20.3 Å². The average molecular weight is 268 g/mol. The van der Waals surface area contributed by atoms with E-state index in [-0.39, 0.29) is 17.8 Å². The molecule has 2 N–H and O–H groups in total. The molecule has 0 bridgehead atoms. The van der Waals surface area contributed by atoms with Gasteiger partial charge in [-0.25, -0.2) is 0 Å². The number of aliphatic hydroxyl groups is 1. The van der Waals surface area contributed by atoms with Crippen molar-refractivity contribution in [3.8, 4) is 5.75 Å². The van der Waals surface area contributed by atoms with Gasteiger partial charge in [0.05, 0.1) is 12.8 Å². The van der Waals surface area contributed by atoms with Crippen LogP contribution in [0.25, 0.3) is 0 Å². The zero-order valence-corrected chi connectivity index (χ0v) is 11.8. The van der Waals surface area contributed by atoms with Gasteiger partial charge in [-0.05, 0) is 13.0 Å². The molecule has 0 unspecified atom stereocenters. The zero-order chi connectivity index (χ0) is 14.3. The number of hydrogen-bond donors (Lipinski definition) is 2. The minimum absolute atomic E-state index is 0.102. The minimum atomic E-state index is -0.345. The smallest absolute Gasteiger partial charge is 0.223 e. The first-order valence-electron chi connectivity index (χ1n) is 6.87. The quantitative estimate of drug-likeness (QED) is 0.743. The summed E-state index contributed by atoms with van der Waals surface area (Å²) in [5.74, 6) is -0.204. The second-order valence-corrected chi connectivity index (χ2v) is 4.65. The largest absolute Gasteiger partial charge is 0.503 e. The highest BCUT2D eigenvalue weighted by Gasteiger charge is 2.09. The summed E-state index contributed by atoms with van der Waals surface area (Å²) in [5, 5.41) is 18.5. The Bertz CT molecular complexity index is 443. The van der Waals surface area contributed by atoms with Crippen LogP contribution in [0.1, 0.15) is 32.4 Å². The molecule has 5 nitrogen and oxygen atoms in total. The number of likely N-dealkylation sites (N-methyl/N-ethyl adjacent to an activating group) is 1. The molecule has 5 heteroatoms. The number of unbranched alkanes of at least 4 members (excludes halogenated alkanes) is 1. The summed E-state index contributed by atoms with van der Waals surface area (Å²) >= 11 is 0. The number of nitrogens with zero attached hydrogens (tertiary/aromatic N) is 2. The van der Waals surface area contributed by atoms with E-state index in [0.29, 0.717) is 13.1 Å². The third kappa shape index (κ3) is 4.69. The van der Waals surface area contributed by atoms with Gasteiger partial charge < -0.3 is 14.8 Å². The fraction of sp³-hybridized carbons (Fsp3) is 0.643. The van der Waals surface area contributed by atoms with Gasteiger partial charge in [-0.2, -0.15) is 0 Å². The summed E-state index contributed by atoms with van der Waals surface area (Å²) in [6.45, 7) is 7.01. The molecule has 0 fully saturated rings. The first kappa shape index (κ1) is 15.7. The Balaban J connectivity index is 2.95. The van der Waals surface area contributed by atoms with Crippen LogP contribution < -0.4 is 5.43 Å². The van der Waals surface area contributed by atoms with Gasteiger partial charge in [0.25, 0.3) is 0 Å². The molecule has 0 saturated carbocycles. The number of aromatic nitrogens is 1. The lowest BCUT2D eigenvalue weighted by Gasteiger charge is -2.22. The molecular formula is C14H24N2O3. The summed E-state index contributed by atoms with van der Waals surface area (Å²) in [5.41, 5.74) is 0.536. The van der Waals surface area contributed by atoms with Gasteiger partial charge >= 0.3 is 0 Å². The predicted molar refractivity (Wildman–Crippen MR) is 75.3 cm³/mol. The highest BCUT2D eigenvalue weighted by molar-refractivity contribution is 5.20. The van der Waals surface area contributed by atoms with Gasteiger partial charge in [-0.3, -0.25) is 9.69 Å². The molecule has 0 aliphatic carbocycles. The molecule has 0 atom stereocenters. The first-order chi connectivity index (χ1) is 9.12. The Labute approximate surface area is 114 Å². The van der Waals surface area contributed by atoms with Crippen molar-refractivity contribution in [2.24, 2.45) is 0 Å². The van der Waals surface area contributed by atoms with Crippen molar-refractivity contribution in [1.29, 1.82) is 0 Å². The van der Waals surface area contributed by atoms with Gasteiger partial charge in [0, 0.05) is 31.4 Å². The normalized spacial score (nSPS) is 11.2. The van der Waals surface area contributed by atoms with Crippen LogP contribution in [-0.2, 0) is 13.1 Å². The Hall–Kier alpha value is -1.33. The van der Waals surface area contributed by atoms with Gasteiger partial charge in [0.1, 0.15) is 0 Å². The maximum atomic E-state index is 11.6. The number of aromatic hydroxyl groups is 1. The number of aliphatic hydroxyl groups excluding tert-OH is 1. The summed E-state index contributed by atoms with van der Waals surface area (Å²) in [6.07, 6.45) is 3.57. The zero-order valence-electron chi connectivity index (χ0n) is 11.8. The molecule has 0 aromatic carbocycles. The summed E-state index contributed by atoms with van der Waals surface area (Å²) in [6, 6.07) is 1.49. The number of pyridine rings is 1. The van der Waals surface area contributed by atoms with Crippen LogP contribution >= 0.6 is 0 Å². The third-order valence-corrected chi connectivity index (χ3v) is 3.20. The number of hydrogen-bond acceptors (Lipinski definition) is 4. The van der Waals surface area contributed by atoms with E-state index in [9.17, 15) is 9.90 Å². The van der Waals surface area contributed by atoms with Crippen molar-refractivity contribution in [1.82, 2.24) is 9.47 Å². The van der Waals surface area contributed by atoms with E-state index in [1.54, 1.807) is 0 Å². The van der Waals surface area contributed by atoms with Crippen LogP contribution in [0.4, 0.5) is 0 Å². The number of aryl methyl sites for hydroxylation is 1. The SMILES string of the molecule is CCCCn1cc(O)c(=O)cc1CN(CC)CCO. The maximum absolute atomic E-state index is 11.6. The van der Waals surface area contributed by atoms with E-state index in [1.165, 1.54) is 12.3 Å². The Kier molecular flexibility index (Phi) is 6.59. The van der Waals surface area contributed by atoms with E-state index in [0.717, 1.165) is 31.6 Å². The molecule has 0 aliphatic rings. The van der Waals surface area contributed by atoms with Gasteiger partial charge in [0.15, 0.2) is 5.75 Å². The third-order valence-electron chi connectivity index (χ3n) is 3.20. The molecule has 1 aromatic rings. The molecule has 108 valence electrons. The first-order valence-corrected chi connectivity index (χ1v) is 6.87. The highest BCUT2D eigenvalue weighted by Crippen LogP contribution is 2.09. The lowest BCUT2D eigenvalue weighted by Crippen LogP contribution is -2.28. The lowest BCUT2D eigenvalue weighted by atomic mass is 10.2. The second-order valence-electron chi connectivity index (χ2n) is 4.65. The standard InChI is InChI=1S/C14H24N2O3/c1-3-5-6-16-11-14(19)13(18)9-12(16)10-15(4-2)7-8-17/h9,11,17,19H,3-8,10H2,1-2H3. The molecule has 0 radical (unpaired) electrons. The molecule has 0 amide bonds. The summed E-state index contributed by atoms with van der Waals surface area (Å²) in [4.78, 5) is 13.6. The fourth-order valence-electron chi connectivity index (χ4n) is 1.99. The Morgan fingerprint density at radius 2 is 2.11 bits per heavy atom. The van der Waals surface area contributed by atoms with Crippen molar-refractivity contribution in [3.63, 3.8) is 0 Å². The molecule has 0 spiro atoms. The molecule has 19 heavy (non-hydrogen) atoms. The number of rotatable bonds is 8. The topological polar surface area (TPSA) is 65.7 Å². The van der Waals surface area contributed by atoms with E-state index < -0.39 is 0 Å². The van der Waals surface area contributed by atoms with Crippen molar-refractivity contribution in [2.75, 3.05) is 19.7 Å². The van der Waals surface area contributed by atoms with Crippen molar-refractivity contribution < 1.29 is 10.2 Å². The molecule has 0 saturated heterocycles.